The van der Waals surface area contributed by atoms with Gasteiger partial charge >= 0.3 is 0 Å². The van der Waals surface area contributed by atoms with Crippen LogP contribution < -0.4 is 11.1 Å². The van der Waals surface area contributed by atoms with Gasteiger partial charge in [-0.05, 0) is 37.1 Å². The standard InChI is InChI=1S/C30H41N3O4/c1-5-8-9-13-23(4)20-27(32-28(34)18-19-31)30(35)33(22-29(36-6-2)37-7-3)21-25-16-12-15-24-14-10-11-17-26(24)25/h5,8-17,27,29H,4,6-7,18-22,31H2,1-3H3,(H,32,34)/b8-5-,13-9-/t27-/m0/s1. The lowest BCUT2D eigenvalue weighted by Gasteiger charge is -2.31. The lowest BCUT2D eigenvalue weighted by molar-refractivity contribution is -0.161. The second-order valence-corrected chi connectivity index (χ2v) is 8.60. The van der Waals surface area contributed by atoms with Crippen molar-refractivity contribution in [1.29, 1.82) is 0 Å². The van der Waals surface area contributed by atoms with Gasteiger partial charge in [-0.1, -0.05) is 78.9 Å². The highest BCUT2D eigenvalue weighted by molar-refractivity contribution is 5.89. The van der Waals surface area contributed by atoms with Gasteiger partial charge in [0, 0.05) is 39.1 Å². The summed E-state index contributed by atoms with van der Waals surface area (Å²) in [7, 11) is 0. The van der Waals surface area contributed by atoms with Crippen molar-refractivity contribution in [3.8, 4) is 0 Å². The maximum Gasteiger partial charge on any atom is 0.245 e. The van der Waals surface area contributed by atoms with Gasteiger partial charge in [-0.3, -0.25) is 9.59 Å². The van der Waals surface area contributed by atoms with Gasteiger partial charge in [0.1, 0.15) is 6.04 Å². The molecule has 200 valence electrons. The summed E-state index contributed by atoms with van der Waals surface area (Å²) in [6.45, 7) is 11.4. The fourth-order valence-corrected chi connectivity index (χ4v) is 4.02. The van der Waals surface area contributed by atoms with Crippen molar-refractivity contribution >= 4 is 22.6 Å². The van der Waals surface area contributed by atoms with Gasteiger partial charge < -0.3 is 25.4 Å². The SMILES string of the molecule is C=C(/C=C\C=C/C)C[C@H](NC(=O)CCN)C(=O)N(Cc1cccc2ccccc12)CC(OCC)OCC. The van der Waals surface area contributed by atoms with E-state index in [-0.39, 0.29) is 37.7 Å². The number of benzene rings is 2. The molecule has 0 aliphatic heterocycles. The zero-order chi connectivity index (χ0) is 27.0. The van der Waals surface area contributed by atoms with Gasteiger partial charge in [0.05, 0.1) is 6.54 Å². The summed E-state index contributed by atoms with van der Waals surface area (Å²) < 4.78 is 11.6. The number of nitrogens with zero attached hydrogens (tertiary/aromatic N) is 1. The van der Waals surface area contributed by atoms with E-state index in [1.807, 2.05) is 87.5 Å². The molecule has 0 spiro atoms. The Hall–Kier alpha value is -3.26. The van der Waals surface area contributed by atoms with Crippen LogP contribution in [0.25, 0.3) is 10.8 Å². The van der Waals surface area contributed by atoms with Crippen LogP contribution in [0.5, 0.6) is 0 Å². The van der Waals surface area contributed by atoms with Crippen molar-refractivity contribution in [2.75, 3.05) is 26.3 Å². The van der Waals surface area contributed by atoms with E-state index in [0.717, 1.165) is 21.9 Å². The lowest BCUT2D eigenvalue weighted by Crippen LogP contribution is -2.51. The fraction of sp³-hybridized carbons (Fsp3) is 0.400. The number of hydrogen-bond donors (Lipinski definition) is 2. The Bertz CT molecular complexity index is 1070. The summed E-state index contributed by atoms with van der Waals surface area (Å²) in [5.74, 6) is -0.509. The third-order valence-corrected chi connectivity index (χ3v) is 5.73. The van der Waals surface area contributed by atoms with Gasteiger partial charge in [-0.25, -0.2) is 0 Å². The monoisotopic (exact) mass is 507 g/mol. The van der Waals surface area contributed by atoms with Crippen LogP contribution in [-0.2, 0) is 25.6 Å². The van der Waals surface area contributed by atoms with Crippen molar-refractivity contribution in [1.82, 2.24) is 10.2 Å². The number of allylic oxidation sites excluding steroid dienone is 4. The van der Waals surface area contributed by atoms with Crippen molar-refractivity contribution in [3.63, 3.8) is 0 Å². The number of carbonyl (C=O) groups is 2. The number of hydrogen-bond acceptors (Lipinski definition) is 5. The number of fused-ring (bicyclic) bond motifs is 1. The molecule has 37 heavy (non-hydrogen) atoms. The van der Waals surface area contributed by atoms with Crippen LogP contribution in [0.1, 0.15) is 39.2 Å². The summed E-state index contributed by atoms with van der Waals surface area (Å²) in [5, 5.41) is 5.03. The van der Waals surface area contributed by atoms with Crippen LogP contribution in [0, 0.1) is 0 Å². The molecule has 0 aliphatic rings. The van der Waals surface area contributed by atoms with Crippen molar-refractivity contribution in [2.24, 2.45) is 5.73 Å². The first kappa shape index (κ1) is 30.0. The molecule has 2 aromatic carbocycles. The zero-order valence-corrected chi connectivity index (χ0v) is 22.3. The molecule has 7 nitrogen and oxygen atoms in total. The maximum atomic E-state index is 14.0. The molecule has 0 saturated heterocycles. The highest BCUT2D eigenvalue weighted by Gasteiger charge is 2.29. The highest BCUT2D eigenvalue weighted by Crippen LogP contribution is 2.21. The van der Waals surface area contributed by atoms with Crippen LogP contribution in [0.2, 0.25) is 0 Å². The number of amides is 2. The Labute approximate surface area is 221 Å². The Balaban J connectivity index is 2.42. The first-order valence-electron chi connectivity index (χ1n) is 12.9. The second kappa shape index (κ2) is 16.5. The molecule has 0 aliphatic carbocycles. The Morgan fingerprint density at radius 1 is 1.08 bits per heavy atom. The van der Waals surface area contributed by atoms with Gasteiger partial charge in [0.2, 0.25) is 11.8 Å². The van der Waals surface area contributed by atoms with E-state index in [9.17, 15) is 9.59 Å². The summed E-state index contributed by atoms with van der Waals surface area (Å²) in [4.78, 5) is 28.2. The first-order valence-corrected chi connectivity index (χ1v) is 12.9. The summed E-state index contributed by atoms with van der Waals surface area (Å²) in [6, 6.07) is 13.3. The molecule has 0 aromatic heterocycles. The average Bonchev–Trinajstić information content (AvgIpc) is 2.88. The fourth-order valence-electron chi connectivity index (χ4n) is 4.02. The molecule has 2 amide bonds. The smallest absolute Gasteiger partial charge is 0.245 e. The predicted molar refractivity (Wildman–Crippen MR) is 150 cm³/mol. The van der Waals surface area contributed by atoms with Gasteiger partial charge in [-0.15, -0.1) is 0 Å². The number of rotatable bonds is 16. The minimum Gasteiger partial charge on any atom is -0.351 e. The number of nitrogens with one attached hydrogen (secondary N) is 1. The number of ether oxygens (including phenoxy) is 2. The molecule has 7 heteroatoms. The van der Waals surface area contributed by atoms with Crippen LogP contribution in [0.3, 0.4) is 0 Å². The van der Waals surface area contributed by atoms with E-state index in [1.54, 1.807) is 4.90 Å². The number of carbonyl (C=O) groups excluding carboxylic acids is 2. The molecule has 0 bridgehead atoms. The molecule has 3 N–H and O–H groups in total. The van der Waals surface area contributed by atoms with Crippen molar-refractivity contribution in [3.05, 3.63) is 84.5 Å². The molecule has 0 saturated carbocycles. The molecule has 2 rings (SSSR count). The summed E-state index contributed by atoms with van der Waals surface area (Å²) in [5.41, 5.74) is 7.31. The van der Waals surface area contributed by atoms with Crippen LogP contribution in [0.4, 0.5) is 0 Å². The minimum absolute atomic E-state index is 0.133. The maximum absolute atomic E-state index is 14.0. The third kappa shape index (κ3) is 9.96. The topological polar surface area (TPSA) is 93.9 Å². The average molecular weight is 508 g/mol. The van der Waals surface area contributed by atoms with Gasteiger partial charge in [0.25, 0.3) is 0 Å². The van der Waals surface area contributed by atoms with Crippen LogP contribution >= 0.6 is 0 Å². The zero-order valence-electron chi connectivity index (χ0n) is 22.3. The second-order valence-electron chi connectivity index (χ2n) is 8.60. The molecule has 0 unspecified atom stereocenters. The summed E-state index contributed by atoms with van der Waals surface area (Å²) >= 11 is 0. The van der Waals surface area contributed by atoms with E-state index >= 15 is 0 Å². The van der Waals surface area contributed by atoms with Crippen LogP contribution in [0.15, 0.2) is 78.9 Å². The Morgan fingerprint density at radius 3 is 2.46 bits per heavy atom. The highest BCUT2D eigenvalue weighted by atomic mass is 16.7. The summed E-state index contributed by atoms with van der Waals surface area (Å²) in [6.07, 6.45) is 7.30. The van der Waals surface area contributed by atoms with E-state index in [4.69, 9.17) is 15.2 Å². The quantitative estimate of drug-likeness (QED) is 0.258. The van der Waals surface area contributed by atoms with Crippen molar-refractivity contribution in [2.45, 2.75) is 52.5 Å². The molecular weight excluding hydrogens is 466 g/mol. The normalized spacial score (nSPS) is 12.5. The van der Waals surface area contributed by atoms with E-state index in [2.05, 4.69) is 11.9 Å². The number of nitrogens with two attached hydrogens (primary N) is 1. The van der Waals surface area contributed by atoms with E-state index < -0.39 is 12.3 Å². The molecule has 0 radical (unpaired) electrons. The van der Waals surface area contributed by atoms with E-state index in [1.165, 1.54) is 0 Å². The first-order chi connectivity index (χ1) is 17.9. The predicted octanol–water partition coefficient (Wildman–Crippen LogP) is 4.48. The molecule has 0 heterocycles. The van der Waals surface area contributed by atoms with Crippen LogP contribution in [-0.4, -0.2) is 55.3 Å². The Morgan fingerprint density at radius 2 is 1.78 bits per heavy atom. The third-order valence-electron chi connectivity index (χ3n) is 5.73. The lowest BCUT2D eigenvalue weighted by atomic mass is 10.0. The molecule has 2 aromatic rings. The van der Waals surface area contributed by atoms with E-state index in [0.29, 0.717) is 19.8 Å². The molecular formula is C30H41N3O4. The van der Waals surface area contributed by atoms with Crippen molar-refractivity contribution < 1.29 is 19.1 Å². The molecule has 1 atom stereocenters. The minimum atomic E-state index is -0.805. The van der Waals surface area contributed by atoms with Gasteiger partial charge in [-0.2, -0.15) is 0 Å². The largest absolute Gasteiger partial charge is 0.351 e. The Kier molecular flexibility index (Phi) is 13.3. The van der Waals surface area contributed by atoms with Gasteiger partial charge in [0.15, 0.2) is 6.29 Å². The molecule has 0 fully saturated rings.